The van der Waals surface area contributed by atoms with Crippen LogP contribution in [-0.4, -0.2) is 9.81 Å². The van der Waals surface area contributed by atoms with Gasteiger partial charge in [-0.15, -0.1) is 0 Å². The van der Waals surface area contributed by atoms with Crippen LogP contribution < -0.4 is 4.74 Å². The van der Waals surface area contributed by atoms with Gasteiger partial charge in [0.1, 0.15) is 11.4 Å². The van der Waals surface area contributed by atoms with E-state index >= 15 is 0 Å². The summed E-state index contributed by atoms with van der Waals surface area (Å²) in [4.78, 5) is 1.50. The van der Waals surface area contributed by atoms with Crippen molar-refractivity contribution in [1.29, 1.82) is 0 Å². The lowest BCUT2D eigenvalue weighted by Crippen LogP contribution is -2.23. The topological polar surface area (TPSA) is 26.3 Å². The molecule has 0 radical (unpaired) electrons. The summed E-state index contributed by atoms with van der Waals surface area (Å²) in [6.07, 6.45) is 0. The number of hydrogen-bond acceptors (Lipinski definition) is 2. The van der Waals surface area contributed by atoms with Gasteiger partial charge in [0.25, 0.3) is 0 Å². The molecule has 0 aromatic heterocycles. The Morgan fingerprint density at radius 1 is 0.895 bits per heavy atom. The number of rotatable bonds is 3. The predicted octanol–water partition coefficient (Wildman–Crippen LogP) is 4.03. The van der Waals surface area contributed by atoms with Crippen molar-refractivity contribution < 1.29 is 8.95 Å². The highest BCUT2D eigenvalue weighted by atomic mass is 32.2. The highest BCUT2D eigenvalue weighted by Crippen LogP contribution is 2.28. The van der Waals surface area contributed by atoms with Crippen LogP contribution in [0.4, 0.5) is 0 Å². The molecule has 0 heterocycles. The van der Waals surface area contributed by atoms with E-state index < -0.39 is 10.8 Å². The van der Waals surface area contributed by atoms with E-state index in [2.05, 4.69) is 0 Å². The Hall–Kier alpha value is -1.61. The summed E-state index contributed by atoms with van der Waals surface area (Å²) in [6, 6.07) is 16.9. The van der Waals surface area contributed by atoms with Crippen LogP contribution in [0.3, 0.4) is 0 Å². The number of ether oxygens (including phenoxy) is 1. The smallest absolute Gasteiger partial charge is 0.136 e. The molecule has 2 aromatic carbocycles. The van der Waals surface area contributed by atoms with Gasteiger partial charge in [-0.05, 0) is 45.0 Å². The molecule has 2 rings (SSSR count). The molecule has 0 amide bonds. The fourth-order valence-corrected chi connectivity index (χ4v) is 2.84. The second-order valence-electron chi connectivity index (χ2n) is 5.24. The van der Waals surface area contributed by atoms with Gasteiger partial charge in [0, 0.05) is 4.90 Å². The van der Waals surface area contributed by atoms with E-state index in [-0.39, 0.29) is 5.60 Å². The molecule has 0 aliphatic heterocycles. The lowest BCUT2D eigenvalue weighted by atomic mass is 10.2. The minimum absolute atomic E-state index is 0.309. The molecular weight excluding hydrogens is 256 g/mol. The fourth-order valence-electron chi connectivity index (χ4n) is 1.69. The first-order valence-electron chi connectivity index (χ1n) is 6.22. The first kappa shape index (κ1) is 13.8. The number of hydrogen-bond donors (Lipinski definition) is 0. The van der Waals surface area contributed by atoms with E-state index in [1.54, 1.807) is 0 Å². The standard InChI is InChI=1S/C16H18O2S/c1-16(2,3)18-14-11-7-8-12-15(14)19(17)13-9-5-4-6-10-13/h4-12H,1-3H3. The molecular formula is C16H18O2S. The van der Waals surface area contributed by atoms with Gasteiger partial charge in [0.15, 0.2) is 0 Å². The van der Waals surface area contributed by atoms with Gasteiger partial charge >= 0.3 is 0 Å². The van der Waals surface area contributed by atoms with Gasteiger partial charge in [0.05, 0.1) is 15.7 Å². The van der Waals surface area contributed by atoms with Crippen molar-refractivity contribution in [2.75, 3.05) is 0 Å². The molecule has 3 heteroatoms. The van der Waals surface area contributed by atoms with E-state index in [0.717, 1.165) is 4.90 Å². The first-order valence-corrected chi connectivity index (χ1v) is 7.37. The van der Waals surface area contributed by atoms with Crippen LogP contribution in [0.25, 0.3) is 0 Å². The predicted molar refractivity (Wildman–Crippen MR) is 77.9 cm³/mol. The Balaban J connectivity index is 2.38. The van der Waals surface area contributed by atoms with Crippen LogP contribution in [-0.2, 0) is 10.8 Å². The lowest BCUT2D eigenvalue weighted by Gasteiger charge is -2.23. The third-order valence-corrected chi connectivity index (χ3v) is 3.86. The second-order valence-corrected chi connectivity index (χ2v) is 6.69. The average molecular weight is 274 g/mol. The molecule has 0 aliphatic rings. The second kappa shape index (κ2) is 5.57. The Labute approximate surface area is 116 Å². The SMILES string of the molecule is CC(C)(C)Oc1ccccc1S(=O)c1ccccc1. The van der Waals surface area contributed by atoms with Crippen molar-refractivity contribution >= 4 is 10.8 Å². The number of benzene rings is 2. The van der Waals surface area contributed by atoms with Crippen molar-refractivity contribution in [3.8, 4) is 5.75 Å². The Bertz CT molecular complexity index is 571. The molecule has 0 saturated heterocycles. The summed E-state index contributed by atoms with van der Waals surface area (Å²) >= 11 is 0. The normalized spacial score (nSPS) is 13.0. The Kier molecular flexibility index (Phi) is 4.05. The zero-order valence-electron chi connectivity index (χ0n) is 11.4. The molecule has 0 saturated carbocycles. The maximum atomic E-state index is 12.6. The zero-order chi connectivity index (χ0) is 13.9. The largest absolute Gasteiger partial charge is 0.487 e. The molecule has 0 fully saturated rings. The van der Waals surface area contributed by atoms with Gasteiger partial charge < -0.3 is 4.74 Å². The van der Waals surface area contributed by atoms with Crippen molar-refractivity contribution in [3.63, 3.8) is 0 Å². The summed E-state index contributed by atoms with van der Waals surface area (Å²) in [5, 5.41) is 0. The van der Waals surface area contributed by atoms with Gasteiger partial charge in [-0.1, -0.05) is 30.3 Å². The average Bonchev–Trinajstić information content (AvgIpc) is 2.38. The molecule has 19 heavy (non-hydrogen) atoms. The number of para-hydroxylation sites is 1. The van der Waals surface area contributed by atoms with Gasteiger partial charge in [-0.25, -0.2) is 4.21 Å². The summed E-state index contributed by atoms with van der Waals surface area (Å²) in [5.41, 5.74) is -0.309. The quantitative estimate of drug-likeness (QED) is 0.844. The molecule has 100 valence electrons. The van der Waals surface area contributed by atoms with Crippen LogP contribution in [0.1, 0.15) is 20.8 Å². The van der Waals surface area contributed by atoms with E-state index in [9.17, 15) is 4.21 Å². The summed E-state index contributed by atoms with van der Waals surface area (Å²) in [6.45, 7) is 5.94. The fraction of sp³-hybridized carbons (Fsp3) is 0.250. The van der Waals surface area contributed by atoms with E-state index in [0.29, 0.717) is 10.6 Å². The van der Waals surface area contributed by atoms with Crippen LogP contribution in [0.2, 0.25) is 0 Å². The molecule has 1 atom stereocenters. The molecule has 1 unspecified atom stereocenters. The monoisotopic (exact) mass is 274 g/mol. The minimum atomic E-state index is -1.22. The molecule has 0 aliphatic carbocycles. The third kappa shape index (κ3) is 3.67. The van der Waals surface area contributed by atoms with Gasteiger partial charge in [-0.2, -0.15) is 0 Å². The summed E-state index contributed by atoms with van der Waals surface area (Å²) < 4.78 is 18.5. The molecule has 2 nitrogen and oxygen atoms in total. The molecule has 2 aromatic rings. The molecule has 0 bridgehead atoms. The molecule has 0 spiro atoms. The Morgan fingerprint density at radius 3 is 2.11 bits per heavy atom. The van der Waals surface area contributed by atoms with Crippen LogP contribution >= 0.6 is 0 Å². The van der Waals surface area contributed by atoms with Crippen molar-refractivity contribution in [2.24, 2.45) is 0 Å². The highest BCUT2D eigenvalue weighted by Gasteiger charge is 2.18. The maximum absolute atomic E-state index is 12.6. The third-order valence-electron chi connectivity index (χ3n) is 2.42. The van der Waals surface area contributed by atoms with E-state index in [1.165, 1.54) is 0 Å². The Morgan fingerprint density at radius 2 is 1.47 bits per heavy atom. The van der Waals surface area contributed by atoms with Crippen molar-refractivity contribution in [1.82, 2.24) is 0 Å². The van der Waals surface area contributed by atoms with Crippen LogP contribution in [0.5, 0.6) is 5.75 Å². The maximum Gasteiger partial charge on any atom is 0.136 e. The minimum Gasteiger partial charge on any atom is -0.487 e. The van der Waals surface area contributed by atoms with Crippen molar-refractivity contribution in [2.45, 2.75) is 36.2 Å². The van der Waals surface area contributed by atoms with Gasteiger partial charge in [0.2, 0.25) is 0 Å². The van der Waals surface area contributed by atoms with Crippen LogP contribution in [0.15, 0.2) is 64.4 Å². The van der Waals surface area contributed by atoms with Gasteiger partial charge in [-0.3, -0.25) is 0 Å². The van der Waals surface area contributed by atoms with Crippen LogP contribution in [0, 0.1) is 0 Å². The highest BCUT2D eigenvalue weighted by molar-refractivity contribution is 7.85. The van der Waals surface area contributed by atoms with E-state index in [4.69, 9.17) is 4.74 Å². The summed E-state index contributed by atoms with van der Waals surface area (Å²) in [7, 11) is -1.22. The molecule has 0 N–H and O–H groups in total. The van der Waals surface area contributed by atoms with E-state index in [1.807, 2.05) is 75.4 Å². The van der Waals surface area contributed by atoms with Crippen molar-refractivity contribution in [3.05, 3.63) is 54.6 Å². The summed E-state index contributed by atoms with van der Waals surface area (Å²) in [5.74, 6) is 0.678. The lowest BCUT2D eigenvalue weighted by molar-refractivity contribution is 0.126. The zero-order valence-corrected chi connectivity index (χ0v) is 12.2. The first-order chi connectivity index (χ1) is 8.97.